The molecule has 1 aromatic heterocycles. The molecule has 0 amide bonds. The lowest BCUT2D eigenvalue weighted by atomic mass is 10.3. The number of sulfonamides is 1. The van der Waals surface area contributed by atoms with Crippen LogP contribution in [0.2, 0.25) is 5.02 Å². The Hall–Kier alpha value is -1.83. The lowest BCUT2D eigenvalue weighted by Gasteiger charge is -2.09. The van der Waals surface area contributed by atoms with Gasteiger partial charge in [-0.05, 0) is 29.8 Å². The lowest BCUT2D eigenvalue weighted by Crippen LogP contribution is -2.14. The molecule has 2 N–H and O–H groups in total. The van der Waals surface area contributed by atoms with Gasteiger partial charge in [0.25, 0.3) is 10.0 Å². The standard InChI is InChI=1S/C13H13ClN2O4S/c1-20-12-4-3-10(6-11(12)14)16-21(18,19)13-5-2-9(8-17)7-15-13/h2-7,16-17H,8H2,1H3. The zero-order valence-corrected chi connectivity index (χ0v) is 12.6. The summed E-state index contributed by atoms with van der Waals surface area (Å²) in [6.07, 6.45) is 1.30. The van der Waals surface area contributed by atoms with Crippen LogP contribution in [0.1, 0.15) is 5.56 Å². The molecule has 0 radical (unpaired) electrons. The summed E-state index contributed by atoms with van der Waals surface area (Å²) in [5.41, 5.74) is 0.829. The molecule has 0 aliphatic rings. The van der Waals surface area contributed by atoms with Crippen LogP contribution >= 0.6 is 11.6 Å². The Kier molecular flexibility index (Phi) is 4.66. The molecule has 0 aliphatic carbocycles. The number of nitrogens with zero attached hydrogens (tertiary/aromatic N) is 1. The van der Waals surface area contributed by atoms with Gasteiger partial charge in [-0.2, -0.15) is 8.42 Å². The van der Waals surface area contributed by atoms with E-state index in [2.05, 4.69) is 9.71 Å². The maximum absolute atomic E-state index is 12.2. The maximum Gasteiger partial charge on any atom is 0.279 e. The molecule has 21 heavy (non-hydrogen) atoms. The zero-order chi connectivity index (χ0) is 15.5. The van der Waals surface area contributed by atoms with Crippen molar-refractivity contribution in [2.24, 2.45) is 0 Å². The van der Waals surface area contributed by atoms with Crippen molar-refractivity contribution in [2.45, 2.75) is 11.6 Å². The highest BCUT2D eigenvalue weighted by atomic mass is 35.5. The fourth-order valence-corrected chi connectivity index (χ4v) is 2.84. The first-order valence-corrected chi connectivity index (χ1v) is 7.74. The van der Waals surface area contributed by atoms with Gasteiger partial charge in [-0.1, -0.05) is 17.7 Å². The molecule has 0 spiro atoms. The third-order valence-electron chi connectivity index (χ3n) is 2.66. The van der Waals surface area contributed by atoms with Crippen LogP contribution < -0.4 is 9.46 Å². The number of aliphatic hydroxyl groups is 1. The topological polar surface area (TPSA) is 88.5 Å². The molecule has 1 heterocycles. The van der Waals surface area contributed by atoms with Gasteiger partial charge in [0.05, 0.1) is 24.4 Å². The van der Waals surface area contributed by atoms with Gasteiger partial charge in [-0.3, -0.25) is 4.72 Å². The van der Waals surface area contributed by atoms with Crippen LogP contribution in [0.5, 0.6) is 5.75 Å². The van der Waals surface area contributed by atoms with Crippen molar-refractivity contribution in [1.29, 1.82) is 0 Å². The van der Waals surface area contributed by atoms with Gasteiger partial charge < -0.3 is 9.84 Å². The van der Waals surface area contributed by atoms with E-state index in [1.54, 1.807) is 6.07 Å². The molecular formula is C13H13ClN2O4S. The van der Waals surface area contributed by atoms with Gasteiger partial charge in [0.2, 0.25) is 0 Å². The molecule has 112 valence electrons. The Balaban J connectivity index is 2.26. The summed E-state index contributed by atoms with van der Waals surface area (Å²) >= 11 is 5.94. The molecular weight excluding hydrogens is 316 g/mol. The number of nitrogens with one attached hydrogen (secondary N) is 1. The number of anilines is 1. The van der Waals surface area contributed by atoms with Crippen molar-refractivity contribution in [3.05, 3.63) is 47.1 Å². The van der Waals surface area contributed by atoms with Crippen LogP contribution in [-0.2, 0) is 16.6 Å². The average molecular weight is 329 g/mol. The van der Waals surface area contributed by atoms with Gasteiger partial charge >= 0.3 is 0 Å². The second kappa shape index (κ2) is 6.30. The molecule has 0 bridgehead atoms. The number of hydrogen-bond donors (Lipinski definition) is 2. The molecule has 0 saturated carbocycles. The van der Waals surface area contributed by atoms with Crippen molar-refractivity contribution < 1.29 is 18.3 Å². The van der Waals surface area contributed by atoms with E-state index in [4.69, 9.17) is 21.4 Å². The zero-order valence-electron chi connectivity index (χ0n) is 11.1. The van der Waals surface area contributed by atoms with E-state index in [1.807, 2.05) is 0 Å². The Morgan fingerprint density at radius 1 is 1.33 bits per heavy atom. The van der Waals surface area contributed by atoms with Crippen molar-refractivity contribution in [3.8, 4) is 5.75 Å². The molecule has 0 unspecified atom stereocenters. The molecule has 0 fully saturated rings. The quantitative estimate of drug-likeness (QED) is 0.876. The predicted octanol–water partition coefficient (Wildman–Crippen LogP) is 2.04. The first kappa shape index (κ1) is 15.6. The van der Waals surface area contributed by atoms with E-state index in [9.17, 15) is 8.42 Å². The summed E-state index contributed by atoms with van der Waals surface area (Å²) in [7, 11) is -2.35. The summed E-state index contributed by atoms with van der Waals surface area (Å²) in [6.45, 7) is -0.200. The van der Waals surface area contributed by atoms with Gasteiger partial charge in [-0.25, -0.2) is 4.98 Å². The third-order valence-corrected chi connectivity index (χ3v) is 4.25. The summed E-state index contributed by atoms with van der Waals surface area (Å²) in [6, 6.07) is 7.34. The summed E-state index contributed by atoms with van der Waals surface area (Å²) in [5, 5.41) is 9.06. The minimum absolute atomic E-state index is 0.147. The highest BCUT2D eigenvalue weighted by Crippen LogP contribution is 2.28. The Bertz CT molecular complexity index is 732. The number of rotatable bonds is 5. The van der Waals surface area contributed by atoms with Crippen LogP contribution in [0.3, 0.4) is 0 Å². The largest absolute Gasteiger partial charge is 0.495 e. The molecule has 0 aliphatic heterocycles. The van der Waals surface area contributed by atoms with Crippen LogP contribution in [0.15, 0.2) is 41.6 Å². The molecule has 2 rings (SSSR count). The summed E-state index contributed by atoms with van der Waals surface area (Å²) in [5.74, 6) is 0.449. The first-order chi connectivity index (χ1) is 9.96. The Labute approximate surface area is 127 Å². The molecule has 6 nitrogen and oxygen atoms in total. The monoisotopic (exact) mass is 328 g/mol. The lowest BCUT2D eigenvalue weighted by molar-refractivity contribution is 0.281. The Morgan fingerprint density at radius 2 is 2.10 bits per heavy atom. The van der Waals surface area contributed by atoms with E-state index in [1.165, 1.54) is 37.6 Å². The van der Waals surface area contributed by atoms with Crippen molar-refractivity contribution in [1.82, 2.24) is 4.98 Å². The van der Waals surface area contributed by atoms with Crippen molar-refractivity contribution in [2.75, 3.05) is 11.8 Å². The van der Waals surface area contributed by atoms with Gasteiger partial charge in [0.1, 0.15) is 5.75 Å². The number of aliphatic hydroxyl groups excluding tert-OH is 1. The summed E-state index contributed by atoms with van der Waals surface area (Å²) in [4.78, 5) is 3.81. The number of methoxy groups -OCH3 is 1. The van der Waals surface area contributed by atoms with Crippen LogP contribution in [-0.4, -0.2) is 25.6 Å². The van der Waals surface area contributed by atoms with Gasteiger partial charge in [-0.15, -0.1) is 0 Å². The molecule has 0 atom stereocenters. The SMILES string of the molecule is COc1ccc(NS(=O)(=O)c2ccc(CO)cn2)cc1Cl. The minimum atomic E-state index is -3.82. The van der Waals surface area contributed by atoms with Crippen LogP contribution in [0.25, 0.3) is 0 Å². The van der Waals surface area contributed by atoms with Crippen molar-refractivity contribution >= 4 is 27.3 Å². The average Bonchev–Trinajstić information content (AvgIpc) is 2.47. The number of benzene rings is 1. The van der Waals surface area contributed by atoms with E-state index in [0.29, 0.717) is 22.0 Å². The Morgan fingerprint density at radius 3 is 2.62 bits per heavy atom. The summed E-state index contributed by atoms with van der Waals surface area (Å²) < 4.78 is 31.7. The highest BCUT2D eigenvalue weighted by molar-refractivity contribution is 7.92. The van der Waals surface area contributed by atoms with Gasteiger partial charge in [0.15, 0.2) is 5.03 Å². The molecule has 1 aromatic carbocycles. The van der Waals surface area contributed by atoms with Crippen LogP contribution in [0.4, 0.5) is 5.69 Å². The molecule has 8 heteroatoms. The number of aromatic nitrogens is 1. The smallest absolute Gasteiger partial charge is 0.279 e. The number of hydrogen-bond acceptors (Lipinski definition) is 5. The second-order valence-corrected chi connectivity index (χ2v) is 6.15. The fraction of sp³-hybridized carbons (Fsp3) is 0.154. The number of ether oxygens (including phenoxy) is 1. The van der Waals surface area contributed by atoms with E-state index in [-0.39, 0.29) is 11.6 Å². The third kappa shape index (κ3) is 3.63. The fourth-order valence-electron chi connectivity index (χ4n) is 1.60. The minimum Gasteiger partial charge on any atom is -0.495 e. The van der Waals surface area contributed by atoms with E-state index in [0.717, 1.165) is 0 Å². The molecule has 2 aromatic rings. The first-order valence-electron chi connectivity index (χ1n) is 5.88. The van der Waals surface area contributed by atoms with Gasteiger partial charge in [0, 0.05) is 6.20 Å². The van der Waals surface area contributed by atoms with E-state index >= 15 is 0 Å². The van der Waals surface area contributed by atoms with E-state index < -0.39 is 10.0 Å². The predicted molar refractivity (Wildman–Crippen MR) is 79.0 cm³/mol. The number of halogens is 1. The number of pyridine rings is 1. The maximum atomic E-state index is 12.2. The second-order valence-electron chi connectivity index (χ2n) is 4.12. The van der Waals surface area contributed by atoms with Crippen LogP contribution in [0, 0.1) is 0 Å². The molecule has 0 saturated heterocycles. The van der Waals surface area contributed by atoms with Crippen molar-refractivity contribution in [3.63, 3.8) is 0 Å². The normalized spacial score (nSPS) is 11.2. The highest BCUT2D eigenvalue weighted by Gasteiger charge is 2.16.